The Morgan fingerprint density at radius 3 is 3.09 bits per heavy atom. The molecule has 1 fully saturated rings. The van der Waals surface area contributed by atoms with Crippen molar-refractivity contribution < 1.29 is 13.5 Å². The molecular weight excluding hydrogens is 166 g/mol. The molecule has 0 bridgehead atoms. The van der Waals surface area contributed by atoms with Crippen LogP contribution in [0.4, 0.5) is 0 Å². The average Bonchev–Trinajstić information content (AvgIpc) is 2.34. The summed E-state index contributed by atoms with van der Waals surface area (Å²) in [6, 6.07) is 0. The molecule has 11 heavy (non-hydrogen) atoms. The number of hydrogen-bond donors (Lipinski definition) is 0. The highest BCUT2D eigenvalue weighted by Crippen LogP contribution is 2.16. The van der Waals surface area contributed by atoms with Gasteiger partial charge in [0.15, 0.2) is 0 Å². The topological polar surface area (TPSA) is 52.6 Å². The van der Waals surface area contributed by atoms with Gasteiger partial charge < -0.3 is 9.29 Å². The third-order valence-corrected chi connectivity index (χ3v) is 2.39. The summed E-state index contributed by atoms with van der Waals surface area (Å²) in [6.45, 7) is 0.826. The molecule has 2 unspecified atom stereocenters. The van der Waals surface area contributed by atoms with E-state index in [1.807, 2.05) is 4.90 Å². The van der Waals surface area contributed by atoms with Gasteiger partial charge in [-0.15, -0.1) is 0 Å². The first kappa shape index (κ1) is 9.12. The molecule has 1 aliphatic rings. The quantitative estimate of drug-likeness (QED) is 0.566. The van der Waals surface area contributed by atoms with Crippen LogP contribution in [0.1, 0.15) is 12.8 Å². The molecule has 5 heteroatoms. The Morgan fingerprint density at radius 1 is 1.82 bits per heavy atom. The predicted octanol–water partition coefficient (Wildman–Crippen LogP) is -0.109. The van der Waals surface area contributed by atoms with Crippen LogP contribution in [0, 0.1) is 0 Å². The van der Waals surface area contributed by atoms with Gasteiger partial charge in [-0.3, -0.25) is 9.11 Å². The molecule has 66 valence electrons. The zero-order valence-corrected chi connectivity index (χ0v) is 7.30. The molecule has 4 nitrogen and oxygen atoms in total. The van der Waals surface area contributed by atoms with E-state index in [4.69, 9.17) is 4.74 Å². The number of ether oxygens (including phenoxy) is 1. The lowest BCUT2D eigenvalue weighted by Gasteiger charge is -2.23. The molecule has 0 N–H and O–H groups in total. The Bertz CT molecular complexity index is 153. The van der Waals surface area contributed by atoms with Crippen molar-refractivity contribution in [1.29, 1.82) is 0 Å². The SMILES string of the molecule is COC1CCCN1CS(=O)[O-]. The molecule has 0 amide bonds. The maximum atomic E-state index is 10.3. The molecule has 0 spiro atoms. The number of rotatable bonds is 3. The van der Waals surface area contributed by atoms with Gasteiger partial charge in [-0.1, -0.05) is 0 Å². The van der Waals surface area contributed by atoms with Crippen LogP contribution in [0.25, 0.3) is 0 Å². The van der Waals surface area contributed by atoms with E-state index in [2.05, 4.69) is 0 Å². The molecule has 0 aromatic heterocycles. The van der Waals surface area contributed by atoms with E-state index in [0.29, 0.717) is 0 Å². The summed E-state index contributed by atoms with van der Waals surface area (Å²) in [6.07, 6.45) is 1.97. The molecule has 0 radical (unpaired) electrons. The fraction of sp³-hybridized carbons (Fsp3) is 1.00. The molecule has 1 rings (SSSR count). The van der Waals surface area contributed by atoms with Crippen LogP contribution in [-0.2, 0) is 15.8 Å². The minimum atomic E-state index is -1.98. The second-order valence-corrected chi connectivity index (χ2v) is 3.44. The van der Waals surface area contributed by atoms with Crippen molar-refractivity contribution >= 4 is 11.1 Å². The Morgan fingerprint density at radius 2 is 2.55 bits per heavy atom. The van der Waals surface area contributed by atoms with Crippen molar-refractivity contribution in [2.24, 2.45) is 0 Å². The first-order valence-electron chi connectivity index (χ1n) is 3.56. The van der Waals surface area contributed by atoms with Gasteiger partial charge in [0.05, 0.1) is 5.88 Å². The summed E-state index contributed by atoms with van der Waals surface area (Å²) < 4.78 is 25.7. The van der Waals surface area contributed by atoms with Crippen molar-refractivity contribution in [2.75, 3.05) is 19.5 Å². The molecule has 0 aromatic carbocycles. The minimum Gasteiger partial charge on any atom is -0.771 e. The minimum absolute atomic E-state index is 0.00731. The summed E-state index contributed by atoms with van der Waals surface area (Å²) >= 11 is -1.98. The van der Waals surface area contributed by atoms with Crippen LogP contribution in [-0.4, -0.2) is 39.4 Å². The zero-order valence-electron chi connectivity index (χ0n) is 6.49. The molecular formula is C6H12NO3S-. The van der Waals surface area contributed by atoms with Crippen molar-refractivity contribution in [3.8, 4) is 0 Å². The van der Waals surface area contributed by atoms with Crippen molar-refractivity contribution in [3.05, 3.63) is 0 Å². The fourth-order valence-electron chi connectivity index (χ4n) is 1.35. The summed E-state index contributed by atoms with van der Waals surface area (Å²) in [4.78, 5) is 1.82. The third-order valence-electron chi connectivity index (χ3n) is 1.85. The molecule has 0 aliphatic carbocycles. The Labute approximate surface area is 68.8 Å². The van der Waals surface area contributed by atoms with E-state index in [1.54, 1.807) is 7.11 Å². The van der Waals surface area contributed by atoms with Gasteiger partial charge in [0, 0.05) is 13.7 Å². The highest BCUT2D eigenvalue weighted by atomic mass is 32.2. The first-order chi connectivity index (χ1) is 5.24. The van der Waals surface area contributed by atoms with Crippen molar-refractivity contribution in [3.63, 3.8) is 0 Å². The van der Waals surface area contributed by atoms with Gasteiger partial charge in [-0.25, -0.2) is 0 Å². The maximum Gasteiger partial charge on any atom is 0.110 e. The largest absolute Gasteiger partial charge is 0.771 e. The van der Waals surface area contributed by atoms with Gasteiger partial charge in [-0.2, -0.15) is 0 Å². The lowest BCUT2D eigenvalue weighted by Crippen LogP contribution is -2.33. The van der Waals surface area contributed by atoms with Crippen LogP contribution in [0.2, 0.25) is 0 Å². The third kappa shape index (κ3) is 2.52. The Kier molecular flexibility index (Phi) is 3.45. The van der Waals surface area contributed by atoms with Gasteiger partial charge >= 0.3 is 0 Å². The number of hydrogen-bond acceptors (Lipinski definition) is 4. The van der Waals surface area contributed by atoms with E-state index in [1.165, 1.54) is 0 Å². The van der Waals surface area contributed by atoms with E-state index in [-0.39, 0.29) is 12.1 Å². The van der Waals surface area contributed by atoms with E-state index in [0.717, 1.165) is 19.4 Å². The summed E-state index contributed by atoms with van der Waals surface area (Å²) in [5.41, 5.74) is 0. The van der Waals surface area contributed by atoms with Crippen LogP contribution in [0.3, 0.4) is 0 Å². The van der Waals surface area contributed by atoms with Gasteiger partial charge in [-0.05, 0) is 23.9 Å². The van der Waals surface area contributed by atoms with E-state index < -0.39 is 11.1 Å². The lowest BCUT2D eigenvalue weighted by molar-refractivity contribution is 0.00605. The highest BCUT2D eigenvalue weighted by molar-refractivity contribution is 7.79. The maximum absolute atomic E-state index is 10.3. The zero-order chi connectivity index (χ0) is 8.27. The van der Waals surface area contributed by atoms with Crippen LogP contribution in [0.5, 0.6) is 0 Å². The molecule has 0 aromatic rings. The summed E-state index contributed by atoms with van der Waals surface area (Å²) in [7, 11) is 1.61. The molecule has 2 atom stereocenters. The first-order valence-corrected chi connectivity index (χ1v) is 4.81. The molecule has 1 heterocycles. The monoisotopic (exact) mass is 178 g/mol. The van der Waals surface area contributed by atoms with Crippen LogP contribution < -0.4 is 0 Å². The number of nitrogens with zero attached hydrogens (tertiary/aromatic N) is 1. The van der Waals surface area contributed by atoms with Crippen LogP contribution in [0.15, 0.2) is 0 Å². The smallest absolute Gasteiger partial charge is 0.110 e. The Balaban J connectivity index is 2.37. The Hall–Kier alpha value is 0.0300. The average molecular weight is 178 g/mol. The van der Waals surface area contributed by atoms with Gasteiger partial charge in [0.1, 0.15) is 6.23 Å². The van der Waals surface area contributed by atoms with Crippen molar-refractivity contribution in [1.82, 2.24) is 4.90 Å². The molecule has 1 saturated heterocycles. The molecule has 0 saturated carbocycles. The summed E-state index contributed by atoms with van der Waals surface area (Å²) in [5.74, 6) is 0.0957. The second-order valence-electron chi connectivity index (χ2n) is 2.58. The number of likely N-dealkylation sites (tertiary alicyclic amines) is 1. The molecule has 1 aliphatic heterocycles. The van der Waals surface area contributed by atoms with Crippen LogP contribution >= 0.6 is 0 Å². The number of methoxy groups -OCH3 is 1. The van der Waals surface area contributed by atoms with Crippen molar-refractivity contribution in [2.45, 2.75) is 19.1 Å². The lowest BCUT2D eigenvalue weighted by atomic mass is 10.4. The van der Waals surface area contributed by atoms with E-state index in [9.17, 15) is 8.76 Å². The standard InChI is InChI=1S/C6H13NO3S/c1-10-6-3-2-4-7(6)5-11(8)9/h6H,2-5H2,1H3,(H,8,9)/p-1. The normalized spacial score (nSPS) is 29.1. The second kappa shape index (κ2) is 4.15. The highest BCUT2D eigenvalue weighted by Gasteiger charge is 2.23. The fourth-order valence-corrected chi connectivity index (χ4v) is 1.91. The van der Waals surface area contributed by atoms with Gasteiger partial charge in [0.2, 0.25) is 0 Å². The van der Waals surface area contributed by atoms with Gasteiger partial charge in [0.25, 0.3) is 0 Å². The predicted molar refractivity (Wildman–Crippen MR) is 40.5 cm³/mol. The summed E-state index contributed by atoms with van der Waals surface area (Å²) in [5, 5.41) is 0. The van der Waals surface area contributed by atoms with E-state index >= 15 is 0 Å².